The van der Waals surface area contributed by atoms with Crippen LogP contribution in [0.2, 0.25) is 0 Å². The number of β-lactam (4-membered cyclic amide) rings is 1. The molecule has 1 aromatic heterocycles. The van der Waals surface area contributed by atoms with Crippen molar-refractivity contribution in [3.05, 3.63) is 66.0 Å². The highest BCUT2D eigenvalue weighted by molar-refractivity contribution is 8.01. The number of hydrogen-bond donors (Lipinski definition) is 5. The summed E-state index contributed by atoms with van der Waals surface area (Å²) in [6.07, 6.45) is 3.07. The molecular weight excluding hydrogens is 520 g/mol. The number of hydrogen-bond acceptors (Lipinski definition) is 7. The number of halogens is 1. The summed E-state index contributed by atoms with van der Waals surface area (Å²) in [5, 5.41) is 25.2. The summed E-state index contributed by atoms with van der Waals surface area (Å²) >= 11 is 1.32. The Labute approximate surface area is 223 Å². The first-order valence-corrected chi connectivity index (χ1v) is 12.1. The van der Waals surface area contributed by atoms with E-state index in [0.717, 1.165) is 0 Å². The Kier molecular flexibility index (Phi) is 8.44. The first-order valence-electron chi connectivity index (χ1n) is 11.2. The maximum atomic E-state index is 13.3. The van der Waals surface area contributed by atoms with Gasteiger partial charge in [0.25, 0.3) is 0 Å². The third-order valence-electron chi connectivity index (χ3n) is 6.07. The number of nitrogens with zero attached hydrogens (tertiary/aromatic N) is 2. The van der Waals surface area contributed by atoms with Crippen LogP contribution in [0.1, 0.15) is 31.0 Å². The number of carbonyl (C=O) groups is 4. The van der Waals surface area contributed by atoms with Gasteiger partial charge in [-0.1, -0.05) is 30.3 Å². The molecule has 196 valence electrons. The lowest BCUT2D eigenvalue weighted by Gasteiger charge is -2.44. The molecule has 0 radical (unpaired) electrons. The first kappa shape index (κ1) is 27.9. The maximum Gasteiger partial charge on any atom is 0.327 e. The van der Waals surface area contributed by atoms with Gasteiger partial charge in [-0.25, -0.2) is 4.79 Å². The van der Waals surface area contributed by atoms with Gasteiger partial charge >= 0.3 is 5.97 Å². The van der Waals surface area contributed by atoms with Crippen LogP contribution in [-0.4, -0.2) is 73.3 Å². The fourth-order valence-electron chi connectivity index (χ4n) is 4.33. The highest BCUT2D eigenvalue weighted by atomic mass is 35.5. The van der Waals surface area contributed by atoms with E-state index >= 15 is 0 Å². The van der Waals surface area contributed by atoms with E-state index in [1.807, 2.05) is 0 Å². The van der Waals surface area contributed by atoms with Crippen LogP contribution in [0.25, 0.3) is 0 Å². The largest absolute Gasteiger partial charge is 0.480 e. The second-order valence-corrected chi connectivity index (χ2v) is 10.7. The second kappa shape index (κ2) is 11.2. The zero-order valence-corrected chi connectivity index (χ0v) is 21.6. The zero-order valence-electron chi connectivity index (χ0n) is 20.0. The van der Waals surface area contributed by atoms with E-state index in [0.29, 0.717) is 11.1 Å². The molecule has 11 nitrogen and oxygen atoms in total. The van der Waals surface area contributed by atoms with Gasteiger partial charge in [-0.05, 0) is 31.5 Å². The zero-order chi connectivity index (χ0) is 26.0. The van der Waals surface area contributed by atoms with E-state index in [1.165, 1.54) is 29.1 Å². The number of nitrogens with one attached hydrogen (secondary N) is 4. The predicted molar refractivity (Wildman–Crippen MR) is 139 cm³/mol. The molecule has 1 aromatic carbocycles. The fourth-order valence-corrected chi connectivity index (χ4v) is 5.95. The molecule has 3 amide bonds. The van der Waals surface area contributed by atoms with E-state index in [9.17, 15) is 24.3 Å². The Morgan fingerprint density at radius 1 is 1.16 bits per heavy atom. The summed E-state index contributed by atoms with van der Waals surface area (Å²) in [5.41, 5.74) is 1.07. The molecule has 0 saturated carbocycles. The molecule has 2 aromatic rings. The van der Waals surface area contributed by atoms with Crippen molar-refractivity contribution >= 4 is 53.7 Å². The normalized spacial score (nSPS) is 21.9. The number of rotatable bonds is 8. The number of amidine groups is 1. The minimum absolute atomic E-state index is 0. The standard InChI is InChI=1S/C24H26N6O5S.ClH/c1-24(2)18(23(34)35)30-21(33)17(22(30)36-24)29-20(32)16(13-6-4-3-5-7-13)28-15(31)12-27-19(25)14-8-10-26-11-9-14;/h3-11,16-18,22H,12H2,1-2H3,(H2,25,27)(H,28,31)(H,29,32)(H,34,35);1H/t16?,17-,18+,22-;/m1./s1. The summed E-state index contributed by atoms with van der Waals surface area (Å²) in [7, 11) is 0. The number of amides is 3. The molecule has 1 unspecified atom stereocenters. The van der Waals surface area contributed by atoms with Gasteiger partial charge in [-0.3, -0.25) is 24.8 Å². The minimum Gasteiger partial charge on any atom is -0.480 e. The van der Waals surface area contributed by atoms with E-state index in [1.54, 1.807) is 56.3 Å². The quantitative estimate of drug-likeness (QED) is 0.185. The monoisotopic (exact) mass is 546 g/mol. The molecule has 0 spiro atoms. The molecule has 37 heavy (non-hydrogen) atoms. The molecule has 2 aliphatic rings. The summed E-state index contributed by atoms with van der Waals surface area (Å²) in [6.45, 7) is 3.26. The van der Waals surface area contributed by atoms with Crippen LogP contribution >= 0.6 is 24.2 Å². The molecule has 2 aliphatic heterocycles. The highest BCUT2D eigenvalue weighted by Crippen LogP contribution is 2.50. The van der Waals surface area contributed by atoms with Gasteiger partial charge in [-0.2, -0.15) is 0 Å². The number of fused-ring (bicyclic) bond motifs is 1. The fraction of sp³-hybridized carbons (Fsp3) is 0.333. The molecule has 4 atom stereocenters. The average Bonchev–Trinajstić information content (AvgIpc) is 3.13. The number of aromatic nitrogens is 1. The Balaban J connectivity index is 0.00000380. The molecular formula is C24H27ClN6O5S. The van der Waals surface area contributed by atoms with E-state index in [-0.39, 0.29) is 24.8 Å². The maximum absolute atomic E-state index is 13.3. The Bertz CT molecular complexity index is 1200. The van der Waals surface area contributed by atoms with Crippen LogP contribution in [0.4, 0.5) is 0 Å². The van der Waals surface area contributed by atoms with Crippen molar-refractivity contribution in [2.45, 2.75) is 42.1 Å². The third kappa shape index (κ3) is 5.70. The van der Waals surface area contributed by atoms with Crippen molar-refractivity contribution in [1.82, 2.24) is 25.8 Å². The number of thioether (sulfide) groups is 1. The van der Waals surface area contributed by atoms with Crippen LogP contribution in [0.5, 0.6) is 0 Å². The molecule has 5 N–H and O–H groups in total. The van der Waals surface area contributed by atoms with Gasteiger partial charge in [-0.15, -0.1) is 24.2 Å². The average molecular weight is 547 g/mol. The van der Waals surface area contributed by atoms with E-state index in [4.69, 9.17) is 5.41 Å². The van der Waals surface area contributed by atoms with Crippen molar-refractivity contribution < 1.29 is 24.3 Å². The van der Waals surface area contributed by atoms with E-state index < -0.39 is 51.9 Å². The number of carboxylic acids is 1. The molecule has 2 saturated heterocycles. The topological polar surface area (TPSA) is 165 Å². The smallest absolute Gasteiger partial charge is 0.327 e. The lowest BCUT2D eigenvalue weighted by Crippen LogP contribution is -2.71. The molecule has 13 heteroatoms. The number of carboxylic acid groups (broad SMARTS) is 1. The summed E-state index contributed by atoms with van der Waals surface area (Å²) in [6, 6.07) is 8.87. The first-order chi connectivity index (χ1) is 17.1. The van der Waals surface area contributed by atoms with Crippen molar-refractivity contribution in [3.63, 3.8) is 0 Å². The highest BCUT2D eigenvalue weighted by Gasteiger charge is 2.64. The van der Waals surface area contributed by atoms with Crippen LogP contribution < -0.4 is 16.0 Å². The van der Waals surface area contributed by atoms with Crippen molar-refractivity contribution in [3.8, 4) is 0 Å². The molecule has 4 rings (SSSR count). The minimum atomic E-state index is -1.09. The Morgan fingerprint density at radius 2 is 1.81 bits per heavy atom. The number of benzene rings is 1. The third-order valence-corrected chi connectivity index (χ3v) is 7.64. The van der Waals surface area contributed by atoms with Gasteiger partial charge in [0.1, 0.15) is 29.3 Å². The van der Waals surface area contributed by atoms with Gasteiger partial charge in [0.15, 0.2) is 0 Å². The number of pyridine rings is 1. The molecule has 0 bridgehead atoms. The number of carbonyl (C=O) groups excluding carboxylic acids is 3. The SMILES string of the molecule is CC1(C)S[C@@H]2[C@H](NC(=O)C(NC(=O)CNC(=N)c3ccncc3)c3ccccc3)C(=O)N2[C@H]1C(=O)O.Cl. The second-order valence-electron chi connectivity index (χ2n) is 8.96. The summed E-state index contributed by atoms with van der Waals surface area (Å²) in [5.74, 6) is -2.64. The van der Waals surface area contributed by atoms with E-state index in [2.05, 4.69) is 20.9 Å². The van der Waals surface area contributed by atoms with Gasteiger partial charge in [0, 0.05) is 22.7 Å². The number of aliphatic carboxylic acids is 1. The summed E-state index contributed by atoms with van der Waals surface area (Å²) < 4.78 is -0.719. The van der Waals surface area contributed by atoms with Gasteiger partial charge in [0.05, 0.1) is 6.54 Å². The Hall–Kier alpha value is -3.64. The van der Waals surface area contributed by atoms with Crippen LogP contribution in [0.15, 0.2) is 54.9 Å². The summed E-state index contributed by atoms with van der Waals surface area (Å²) in [4.78, 5) is 55.6. The van der Waals surface area contributed by atoms with Crippen molar-refractivity contribution in [1.29, 1.82) is 5.41 Å². The predicted octanol–water partition coefficient (Wildman–Crippen LogP) is 0.908. The van der Waals surface area contributed by atoms with Gasteiger partial charge in [0.2, 0.25) is 17.7 Å². The molecule has 0 aliphatic carbocycles. The van der Waals surface area contributed by atoms with Crippen LogP contribution in [-0.2, 0) is 19.2 Å². The Morgan fingerprint density at radius 3 is 2.43 bits per heavy atom. The van der Waals surface area contributed by atoms with Crippen molar-refractivity contribution in [2.75, 3.05) is 6.54 Å². The lowest BCUT2D eigenvalue weighted by molar-refractivity contribution is -0.161. The van der Waals surface area contributed by atoms with Crippen LogP contribution in [0.3, 0.4) is 0 Å². The van der Waals surface area contributed by atoms with Crippen LogP contribution in [0, 0.1) is 5.41 Å². The van der Waals surface area contributed by atoms with Crippen molar-refractivity contribution in [2.24, 2.45) is 0 Å². The molecule has 2 fully saturated rings. The lowest BCUT2D eigenvalue weighted by atomic mass is 9.95. The molecule has 3 heterocycles. The van der Waals surface area contributed by atoms with Gasteiger partial charge < -0.3 is 26.0 Å².